The van der Waals surface area contributed by atoms with Gasteiger partial charge in [0.15, 0.2) is 0 Å². The molecule has 3 nitrogen and oxygen atoms in total. The molecular weight excluding hydrogens is 166 g/mol. The molecule has 1 heterocycles. The summed E-state index contributed by atoms with van der Waals surface area (Å²) in [6.07, 6.45) is -1.63. The van der Waals surface area contributed by atoms with Crippen molar-refractivity contribution in [2.75, 3.05) is 0 Å². The number of hydrogen-bond acceptors (Lipinski definition) is 2. The van der Waals surface area contributed by atoms with E-state index in [4.69, 9.17) is 5.73 Å². The van der Waals surface area contributed by atoms with Crippen molar-refractivity contribution in [3.05, 3.63) is 29.6 Å². The first-order chi connectivity index (χ1) is 5.61. The zero-order valence-electron chi connectivity index (χ0n) is 6.00. The van der Waals surface area contributed by atoms with E-state index < -0.39 is 12.3 Å². The Bertz CT molecular complexity index is 284. The SMILES string of the molecule is NC(=O)c1ccc(C(F)F)cn1. The molecule has 0 saturated carbocycles. The molecule has 0 spiro atoms. The fourth-order valence-corrected chi connectivity index (χ4v) is 0.680. The van der Waals surface area contributed by atoms with Crippen LogP contribution >= 0.6 is 0 Å². The predicted molar refractivity (Wildman–Crippen MR) is 37.7 cm³/mol. The molecule has 0 radical (unpaired) electrons. The van der Waals surface area contributed by atoms with E-state index in [2.05, 4.69) is 4.98 Å². The van der Waals surface area contributed by atoms with E-state index in [9.17, 15) is 13.6 Å². The van der Waals surface area contributed by atoms with Gasteiger partial charge >= 0.3 is 0 Å². The van der Waals surface area contributed by atoms with E-state index in [0.717, 1.165) is 12.3 Å². The molecule has 2 N–H and O–H groups in total. The third-order valence-corrected chi connectivity index (χ3v) is 1.29. The van der Waals surface area contributed by atoms with Gasteiger partial charge < -0.3 is 5.73 Å². The van der Waals surface area contributed by atoms with Gasteiger partial charge in [-0.15, -0.1) is 0 Å². The molecule has 1 aromatic rings. The number of nitrogens with zero attached hydrogens (tertiary/aromatic N) is 1. The molecule has 12 heavy (non-hydrogen) atoms. The van der Waals surface area contributed by atoms with Crippen LogP contribution in [-0.2, 0) is 0 Å². The number of carbonyl (C=O) groups is 1. The summed E-state index contributed by atoms with van der Waals surface area (Å²) in [5, 5.41) is 0. The minimum absolute atomic E-state index is 0.0144. The van der Waals surface area contributed by atoms with Crippen molar-refractivity contribution < 1.29 is 13.6 Å². The van der Waals surface area contributed by atoms with Crippen LogP contribution in [0.25, 0.3) is 0 Å². The van der Waals surface area contributed by atoms with Crippen molar-refractivity contribution in [1.29, 1.82) is 0 Å². The molecule has 5 heteroatoms. The Morgan fingerprint density at radius 2 is 2.17 bits per heavy atom. The van der Waals surface area contributed by atoms with Gasteiger partial charge in [0.25, 0.3) is 12.3 Å². The summed E-state index contributed by atoms with van der Waals surface area (Å²) < 4.78 is 23.9. The number of carbonyl (C=O) groups excluding carboxylic acids is 1. The topological polar surface area (TPSA) is 56.0 Å². The fraction of sp³-hybridized carbons (Fsp3) is 0.143. The first kappa shape index (κ1) is 8.58. The maximum atomic E-state index is 11.9. The van der Waals surface area contributed by atoms with Crippen molar-refractivity contribution >= 4 is 5.91 Å². The first-order valence-corrected chi connectivity index (χ1v) is 3.15. The van der Waals surface area contributed by atoms with Gasteiger partial charge in [0.2, 0.25) is 0 Å². The highest BCUT2D eigenvalue weighted by Gasteiger charge is 2.08. The second-order valence-corrected chi connectivity index (χ2v) is 2.14. The van der Waals surface area contributed by atoms with Crippen molar-refractivity contribution in [3.63, 3.8) is 0 Å². The number of halogens is 2. The Morgan fingerprint density at radius 3 is 2.50 bits per heavy atom. The monoisotopic (exact) mass is 172 g/mol. The summed E-state index contributed by atoms with van der Waals surface area (Å²) in [4.78, 5) is 13.9. The lowest BCUT2D eigenvalue weighted by molar-refractivity contribution is 0.0994. The average Bonchev–Trinajstić information content (AvgIpc) is 2.04. The quantitative estimate of drug-likeness (QED) is 0.726. The Labute approximate surface area is 67.2 Å². The third-order valence-electron chi connectivity index (χ3n) is 1.29. The zero-order valence-corrected chi connectivity index (χ0v) is 6.00. The molecule has 1 rings (SSSR count). The largest absolute Gasteiger partial charge is 0.364 e. The molecule has 0 aliphatic rings. The number of alkyl halides is 2. The van der Waals surface area contributed by atoms with Crippen molar-refractivity contribution in [2.24, 2.45) is 5.73 Å². The van der Waals surface area contributed by atoms with E-state index in [0.29, 0.717) is 0 Å². The van der Waals surface area contributed by atoms with Gasteiger partial charge in [-0.25, -0.2) is 8.78 Å². The normalized spacial score (nSPS) is 10.2. The summed E-state index contributed by atoms with van der Waals surface area (Å²) in [6.45, 7) is 0. The van der Waals surface area contributed by atoms with Gasteiger partial charge in [0.1, 0.15) is 5.69 Å². The van der Waals surface area contributed by atoms with Crippen molar-refractivity contribution in [1.82, 2.24) is 4.98 Å². The van der Waals surface area contributed by atoms with Crippen molar-refractivity contribution in [3.8, 4) is 0 Å². The van der Waals surface area contributed by atoms with E-state index >= 15 is 0 Å². The Morgan fingerprint density at radius 1 is 1.50 bits per heavy atom. The summed E-state index contributed by atoms with van der Waals surface area (Å²) in [7, 11) is 0. The van der Waals surface area contributed by atoms with Crippen LogP contribution in [0.5, 0.6) is 0 Å². The number of nitrogens with two attached hydrogens (primary N) is 1. The van der Waals surface area contributed by atoms with E-state index in [-0.39, 0.29) is 11.3 Å². The Balaban J connectivity index is 2.93. The minimum Gasteiger partial charge on any atom is -0.364 e. The van der Waals surface area contributed by atoms with E-state index in [1.54, 1.807) is 0 Å². The van der Waals surface area contributed by atoms with Crippen LogP contribution in [-0.4, -0.2) is 10.9 Å². The Hall–Kier alpha value is -1.52. The summed E-state index contributed by atoms with van der Waals surface area (Å²) in [5.41, 5.74) is 4.61. The zero-order chi connectivity index (χ0) is 9.14. The predicted octanol–water partition coefficient (Wildman–Crippen LogP) is 1.12. The molecule has 0 atom stereocenters. The molecule has 0 unspecified atom stereocenters. The molecule has 0 bridgehead atoms. The number of hydrogen-bond donors (Lipinski definition) is 1. The van der Waals surface area contributed by atoms with E-state index in [1.165, 1.54) is 6.07 Å². The van der Waals surface area contributed by atoms with Crippen LogP contribution in [0, 0.1) is 0 Å². The molecule has 64 valence electrons. The molecule has 0 fully saturated rings. The average molecular weight is 172 g/mol. The van der Waals surface area contributed by atoms with Gasteiger partial charge in [0.05, 0.1) is 0 Å². The highest BCUT2D eigenvalue weighted by atomic mass is 19.3. The number of rotatable bonds is 2. The summed E-state index contributed by atoms with van der Waals surface area (Å²) in [5.74, 6) is -0.726. The van der Waals surface area contributed by atoms with Gasteiger partial charge in [0, 0.05) is 11.8 Å². The number of pyridine rings is 1. The van der Waals surface area contributed by atoms with Crippen LogP contribution in [0.1, 0.15) is 22.5 Å². The number of amides is 1. The summed E-state index contributed by atoms with van der Waals surface area (Å²) in [6, 6.07) is 2.29. The lowest BCUT2D eigenvalue weighted by Gasteiger charge is -1.98. The van der Waals surface area contributed by atoms with Crippen LogP contribution < -0.4 is 5.73 Å². The smallest absolute Gasteiger partial charge is 0.267 e. The molecule has 0 aromatic carbocycles. The fourth-order valence-electron chi connectivity index (χ4n) is 0.680. The third kappa shape index (κ3) is 1.75. The maximum Gasteiger partial charge on any atom is 0.267 e. The highest BCUT2D eigenvalue weighted by molar-refractivity contribution is 5.90. The molecule has 1 aromatic heterocycles. The van der Waals surface area contributed by atoms with Crippen LogP contribution in [0.15, 0.2) is 18.3 Å². The maximum absolute atomic E-state index is 11.9. The molecule has 0 aliphatic heterocycles. The Kier molecular flexibility index (Phi) is 2.32. The number of primary amides is 1. The molecule has 1 amide bonds. The molecular formula is C7H6F2N2O. The van der Waals surface area contributed by atoms with Crippen LogP contribution in [0.4, 0.5) is 8.78 Å². The molecule has 0 saturated heterocycles. The summed E-state index contributed by atoms with van der Waals surface area (Å²) >= 11 is 0. The van der Waals surface area contributed by atoms with Gasteiger partial charge in [-0.2, -0.15) is 0 Å². The van der Waals surface area contributed by atoms with Crippen LogP contribution in [0.3, 0.4) is 0 Å². The lowest BCUT2D eigenvalue weighted by Crippen LogP contribution is -2.12. The van der Waals surface area contributed by atoms with Gasteiger partial charge in [-0.3, -0.25) is 9.78 Å². The highest BCUT2D eigenvalue weighted by Crippen LogP contribution is 2.16. The first-order valence-electron chi connectivity index (χ1n) is 3.15. The van der Waals surface area contributed by atoms with E-state index in [1.807, 2.05) is 0 Å². The lowest BCUT2D eigenvalue weighted by atomic mass is 10.2. The van der Waals surface area contributed by atoms with Gasteiger partial charge in [-0.05, 0) is 12.1 Å². The van der Waals surface area contributed by atoms with Crippen LogP contribution in [0.2, 0.25) is 0 Å². The standard InChI is InChI=1S/C7H6F2N2O/c8-6(9)4-1-2-5(7(10)12)11-3-4/h1-3,6H,(H2,10,12). The number of aromatic nitrogens is 1. The second kappa shape index (κ2) is 3.25. The second-order valence-electron chi connectivity index (χ2n) is 2.14. The minimum atomic E-state index is -2.57. The molecule has 0 aliphatic carbocycles. The van der Waals surface area contributed by atoms with Crippen molar-refractivity contribution in [2.45, 2.75) is 6.43 Å². The van der Waals surface area contributed by atoms with Gasteiger partial charge in [-0.1, -0.05) is 0 Å².